The third kappa shape index (κ3) is 4.08. The molecule has 2 aliphatic heterocycles. The summed E-state index contributed by atoms with van der Waals surface area (Å²) in [5.41, 5.74) is 1.22. The van der Waals surface area contributed by atoms with Crippen molar-refractivity contribution < 1.29 is 9.53 Å². The number of rotatable bonds is 6. The second-order valence-electron chi connectivity index (χ2n) is 6.33. The maximum absolute atomic E-state index is 11.9. The average Bonchev–Trinajstić information content (AvgIpc) is 2.99. The minimum Gasteiger partial charge on any atom is -0.375 e. The maximum atomic E-state index is 11.9. The van der Waals surface area contributed by atoms with Gasteiger partial charge in [-0.25, -0.2) is 0 Å². The van der Waals surface area contributed by atoms with E-state index in [1.165, 1.54) is 12.0 Å². The summed E-state index contributed by atoms with van der Waals surface area (Å²) >= 11 is 0. The number of amides is 1. The van der Waals surface area contributed by atoms with Crippen LogP contribution in [0, 0.1) is 0 Å². The lowest BCUT2D eigenvalue weighted by Crippen LogP contribution is -2.49. The molecule has 2 fully saturated rings. The van der Waals surface area contributed by atoms with Gasteiger partial charge in [0.05, 0.1) is 13.2 Å². The van der Waals surface area contributed by atoms with Gasteiger partial charge in [-0.3, -0.25) is 9.69 Å². The third-order valence-electron chi connectivity index (χ3n) is 4.69. The summed E-state index contributed by atoms with van der Waals surface area (Å²) in [5.74, 6) is 0.354. The first-order valence-corrected chi connectivity index (χ1v) is 8.46. The molecule has 1 aromatic rings. The van der Waals surface area contributed by atoms with Crippen LogP contribution in [0.5, 0.6) is 0 Å². The van der Waals surface area contributed by atoms with E-state index in [0.29, 0.717) is 18.6 Å². The van der Waals surface area contributed by atoms with Gasteiger partial charge in [-0.2, -0.15) is 0 Å². The molecule has 4 nitrogen and oxygen atoms in total. The number of nitrogens with zero attached hydrogens (tertiary/aromatic N) is 2. The van der Waals surface area contributed by atoms with Crippen molar-refractivity contribution in [3.05, 3.63) is 35.9 Å². The van der Waals surface area contributed by atoms with Gasteiger partial charge in [-0.15, -0.1) is 0 Å². The lowest BCUT2D eigenvalue weighted by Gasteiger charge is -2.37. The molecule has 0 unspecified atom stereocenters. The Morgan fingerprint density at radius 2 is 2.00 bits per heavy atom. The molecule has 4 heteroatoms. The van der Waals surface area contributed by atoms with E-state index >= 15 is 0 Å². The van der Waals surface area contributed by atoms with Crippen molar-refractivity contribution in [2.24, 2.45) is 0 Å². The minimum absolute atomic E-state index is 0.354. The summed E-state index contributed by atoms with van der Waals surface area (Å²) in [6, 6.07) is 10.7. The number of ether oxygens (including phenoxy) is 1. The monoisotopic (exact) mass is 302 g/mol. The van der Waals surface area contributed by atoms with Crippen LogP contribution < -0.4 is 0 Å². The number of hydrogen-bond donors (Lipinski definition) is 0. The fourth-order valence-corrected chi connectivity index (χ4v) is 3.50. The molecule has 2 heterocycles. The lowest BCUT2D eigenvalue weighted by atomic mass is 10.0. The van der Waals surface area contributed by atoms with E-state index in [-0.39, 0.29) is 0 Å². The van der Waals surface area contributed by atoms with Crippen LogP contribution in [0.1, 0.15) is 31.2 Å². The van der Waals surface area contributed by atoms with E-state index in [2.05, 4.69) is 21.9 Å². The van der Waals surface area contributed by atoms with Crippen LogP contribution in [0.2, 0.25) is 0 Å². The Labute approximate surface area is 133 Å². The standard InChI is InChI=1S/C18H26N2O2/c21-18-9-5-11-20(18)17-8-4-10-19(14-17)12-13-22-15-16-6-2-1-3-7-16/h1-3,6-7,17H,4-5,8-15H2/t17-/m0/s1. The van der Waals surface area contributed by atoms with Crippen molar-refractivity contribution in [3.8, 4) is 0 Å². The van der Waals surface area contributed by atoms with E-state index < -0.39 is 0 Å². The Balaban J connectivity index is 1.38. The maximum Gasteiger partial charge on any atom is 0.222 e. The largest absolute Gasteiger partial charge is 0.375 e. The molecule has 0 N–H and O–H groups in total. The topological polar surface area (TPSA) is 32.8 Å². The van der Waals surface area contributed by atoms with E-state index in [0.717, 1.165) is 52.0 Å². The number of carbonyl (C=O) groups is 1. The predicted octanol–water partition coefficient (Wildman–Crippen LogP) is 2.29. The fourth-order valence-electron chi connectivity index (χ4n) is 3.50. The number of benzene rings is 1. The first kappa shape index (κ1) is 15.5. The van der Waals surface area contributed by atoms with Gasteiger partial charge in [0.25, 0.3) is 0 Å². The summed E-state index contributed by atoms with van der Waals surface area (Å²) in [6.07, 6.45) is 4.13. The Bertz CT molecular complexity index is 477. The molecule has 22 heavy (non-hydrogen) atoms. The van der Waals surface area contributed by atoms with Crippen LogP contribution in [0.3, 0.4) is 0 Å². The quantitative estimate of drug-likeness (QED) is 0.756. The molecule has 1 aromatic carbocycles. The van der Waals surface area contributed by atoms with Crippen molar-refractivity contribution in [1.82, 2.24) is 9.80 Å². The molecule has 0 aromatic heterocycles. The van der Waals surface area contributed by atoms with Gasteiger partial charge in [0.1, 0.15) is 0 Å². The van der Waals surface area contributed by atoms with Crippen LogP contribution in [0.25, 0.3) is 0 Å². The number of hydrogen-bond acceptors (Lipinski definition) is 3. The van der Waals surface area contributed by atoms with E-state index in [1.54, 1.807) is 0 Å². The van der Waals surface area contributed by atoms with Crippen LogP contribution in [0.15, 0.2) is 30.3 Å². The molecule has 0 radical (unpaired) electrons. The number of likely N-dealkylation sites (tertiary alicyclic amines) is 2. The fraction of sp³-hybridized carbons (Fsp3) is 0.611. The predicted molar refractivity (Wildman–Crippen MR) is 86.5 cm³/mol. The number of piperidine rings is 1. The van der Waals surface area contributed by atoms with Crippen LogP contribution in [0.4, 0.5) is 0 Å². The van der Waals surface area contributed by atoms with Gasteiger partial charge in [-0.05, 0) is 31.4 Å². The lowest BCUT2D eigenvalue weighted by molar-refractivity contribution is -0.130. The van der Waals surface area contributed by atoms with Gasteiger partial charge in [0, 0.05) is 32.1 Å². The summed E-state index contributed by atoms with van der Waals surface area (Å²) in [4.78, 5) is 16.4. The molecular formula is C18H26N2O2. The molecule has 0 bridgehead atoms. The van der Waals surface area contributed by atoms with Gasteiger partial charge >= 0.3 is 0 Å². The highest BCUT2D eigenvalue weighted by molar-refractivity contribution is 5.78. The Kier molecular flexibility index (Phi) is 5.46. The molecule has 0 saturated carbocycles. The average molecular weight is 302 g/mol. The molecule has 3 rings (SSSR count). The summed E-state index contributed by atoms with van der Waals surface area (Å²) < 4.78 is 5.78. The SMILES string of the molecule is O=C1CCCN1[C@H]1CCCN(CCOCc2ccccc2)C1. The molecular weight excluding hydrogens is 276 g/mol. The zero-order chi connectivity index (χ0) is 15.2. The molecule has 0 aliphatic carbocycles. The first-order chi connectivity index (χ1) is 10.8. The molecule has 120 valence electrons. The molecule has 2 aliphatic rings. The van der Waals surface area contributed by atoms with Gasteiger partial charge < -0.3 is 9.64 Å². The normalized spacial score (nSPS) is 23.2. The van der Waals surface area contributed by atoms with Gasteiger partial charge in [0.15, 0.2) is 0 Å². The van der Waals surface area contributed by atoms with Crippen molar-refractivity contribution in [2.45, 2.75) is 38.3 Å². The highest BCUT2D eigenvalue weighted by Gasteiger charge is 2.30. The van der Waals surface area contributed by atoms with E-state index in [4.69, 9.17) is 4.74 Å². The van der Waals surface area contributed by atoms with E-state index in [1.807, 2.05) is 18.2 Å². The highest BCUT2D eigenvalue weighted by atomic mass is 16.5. The molecule has 1 atom stereocenters. The summed E-state index contributed by atoms with van der Waals surface area (Å²) in [7, 11) is 0. The van der Waals surface area contributed by atoms with Gasteiger partial charge in [-0.1, -0.05) is 30.3 Å². The minimum atomic E-state index is 0.354. The molecule has 1 amide bonds. The third-order valence-corrected chi connectivity index (χ3v) is 4.69. The van der Waals surface area contributed by atoms with E-state index in [9.17, 15) is 4.79 Å². The van der Waals surface area contributed by atoms with Crippen LogP contribution in [-0.2, 0) is 16.1 Å². The molecule has 2 saturated heterocycles. The Morgan fingerprint density at radius 1 is 1.14 bits per heavy atom. The van der Waals surface area contributed by atoms with Crippen molar-refractivity contribution >= 4 is 5.91 Å². The van der Waals surface area contributed by atoms with Crippen molar-refractivity contribution in [2.75, 3.05) is 32.8 Å². The second-order valence-corrected chi connectivity index (χ2v) is 6.33. The van der Waals surface area contributed by atoms with Crippen LogP contribution >= 0.6 is 0 Å². The summed E-state index contributed by atoms with van der Waals surface area (Å²) in [5, 5.41) is 0. The van der Waals surface area contributed by atoms with Crippen molar-refractivity contribution in [3.63, 3.8) is 0 Å². The smallest absolute Gasteiger partial charge is 0.222 e. The summed E-state index contributed by atoms with van der Waals surface area (Å²) in [6.45, 7) is 5.51. The van der Waals surface area contributed by atoms with Crippen molar-refractivity contribution in [1.29, 1.82) is 0 Å². The first-order valence-electron chi connectivity index (χ1n) is 8.46. The number of carbonyl (C=O) groups excluding carboxylic acids is 1. The van der Waals surface area contributed by atoms with Crippen LogP contribution in [-0.4, -0.2) is 54.5 Å². The highest BCUT2D eigenvalue weighted by Crippen LogP contribution is 2.21. The zero-order valence-electron chi connectivity index (χ0n) is 13.2. The molecule has 0 spiro atoms. The second kappa shape index (κ2) is 7.75. The Hall–Kier alpha value is -1.39. The Morgan fingerprint density at radius 3 is 2.77 bits per heavy atom. The van der Waals surface area contributed by atoms with Gasteiger partial charge in [0.2, 0.25) is 5.91 Å². The zero-order valence-corrected chi connectivity index (χ0v) is 13.2.